The lowest BCUT2D eigenvalue weighted by Crippen LogP contribution is -2.67. The summed E-state index contributed by atoms with van der Waals surface area (Å²) in [6.07, 6.45) is -3.81. The number of aliphatic hydroxyl groups excluding tert-OH is 2. The number of hydrogen-bond acceptors (Lipinski definition) is 10. The molecule has 12 nitrogen and oxygen atoms in total. The molecular formula is C11H15FN2O10S2. The van der Waals surface area contributed by atoms with Crippen LogP contribution >= 0.6 is 0 Å². The summed E-state index contributed by atoms with van der Waals surface area (Å²) < 4.78 is 67.8. The highest BCUT2D eigenvalue weighted by atomic mass is 32.2. The summed E-state index contributed by atoms with van der Waals surface area (Å²) in [5.74, 6) is -1.70. The first-order valence-electron chi connectivity index (χ1n) is 6.75. The van der Waals surface area contributed by atoms with E-state index in [9.17, 15) is 46.1 Å². The average Bonchev–Trinajstić information content (AvgIpc) is 2.73. The molecule has 0 spiro atoms. The second-order valence-corrected chi connectivity index (χ2v) is 9.98. The number of aromatic amines is 1. The Kier molecular flexibility index (Phi) is 4.71. The summed E-state index contributed by atoms with van der Waals surface area (Å²) in [5, 5.41) is 26.6. The molecule has 0 aliphatic carbocycles. The standard InChI is InChI=1S/C11H15FN2O10S2/c1-25(20,21)10(19)7(16)6(4-15)24-11(10,26(2,22)23)14-3-5(12)8(17)13-9(14)18/h3,6-7,15-16,19H,4H2,1-2H3,(H,13,17,18)/t6-,7-,10+,11+/m1/s1. The van der Waals surface area contributed by atoms with Gasteiger partial charge in [0, 0.05) is 12.5 Å². The molecule has 1 aliphatic rings. The lowest BCUT2D eigenvalue weighted by molar-refractivity contribution is -0.102. The maximum atomic E-state index is 13.7. The third-order valence-corrected chi connectivity index (χ3v) is 7.37. The van der Waals surface area contributed by atoms with E-state index in [1.54, 1.807) is 0 Å². The zero-order valence-corrected chi connectivity index (χ0v) is 14.9. The number of sulfone groups is 2. The number of halogens is 1. The Hall–Kier alpha value is -1.65. The summed E-state index contributed by atoms with van der Waals surface area (Å²) in [6, 6.07) is 0. The molecular weight excluding hydrogens is 403 g/mol. The van der Waals surface area contributed by atoms with Crippen molar-refractivity contribution in [1.82, 2.24) is 9.55 Å². The molecule has 148 valence electrons. The Labute approximate surface area is 145 Å². The first-order valence-corrected chi connectivity index (χ1v) is 10.5. The van der Waals surface area contributed by atoms with Gasteiger partial charge in [-0.1, -0.05) is 0 Å². The third kappa shape index (κ3) is 2.46. The molecule has 4 N–H and O–H groups in total. The second kappa shape index (κ2) is 5.93. The largest absolute Gasteiger partial charge is 0.394 e. The van der Waals surface area contributed by atoms with Crippen LogP contribution in [0.5, 0.6) is 0 Å². The van der Waals surface area contributed by atoms with Crippen molar-refractivity contribution in [3.8, 4) is 0 Å². The van der Waals surface area contributed by atoms with Gasteiger partial charge in [-0.2, -0.15) is 4.39 Å². The fourth-order valence-electron chi connectivity index (χ4n) is 2.81. The van der Waals surface area contributed by atoms with E-state index in [1.807, 2.05) is 0 Å². The highest BCUT2D eigenvalue weighted by Crippen LogP contribution is 2.49. The smallest absolute Gasteiger partial charge is 0.331 e. The van der Waals surface area contributed by atoms with E-state index in [2.05, 4.69) is 0 Å². The van der Waals surface area contributed by atoms with Gasteiger partial charge in [0.15, 0.2) is 9.84 Å². The fraction of sp³-hybridized carbons (Fsp3) is 0.636. The monoisotopic (exact) mass is 418 g/mol. The van der Waals surface area contributed by atoms with Gasteiger partial charge in [0.25, 0.3) is 15.5 Å². The van der Waals surface area contributed by atoms with Crippen molar-refractivity contribution in [3.05, 3.63) is 32.9 Å². The molecule has 0 radical (unpaired) electrons. The Morgan fingerprint density at radius 1 is 1.27 bits per heavy atom. The van der Waals surface area contributed by atoms with Gasteiger partial charge in [-0.15, -0.1) is 0 Å². The van der Waals surface area contributed by atoms with Gasteiger partial charge in [-0.25, -0.2) is 21.6 Å². The predicted molar refractivity (Wildman–Crippen MR) is 81.9 cm³/mol. The van der Waals surface area contributed by atoms with Crippen molar-refractivity contribution in [3.63, 3.8) is 0 Å². The number of aromatic nitrogens is 2. The maximum Gasteiger partial charge on any atom is 0.331 e. The fourth-order valence-corrected chi connectivity index (χ4v) is 6.37. The summed E-state index contributed by atoms with van der Waals surface area (Å²) in [4.78, 5) is 21.0. The Morgan fingerprint density at radius 3 is 2.23 bits per heavy atom. The molecule has 1 aromatic heterocycles. The Bertz CT molecular complexity index is 1060. The maximum absolute atomic E-state index is 13.7. The molecule has 0 amide bonds. The van der Waals surface area contributed by atoms with Crippen LogP contribution in [0.2, 0.25) is 0 Å². The average molecular weight is 418 g/mol. The van der Waals surface area contributed by atoms with Crippen molar-refractivity contribution in [1.29, 1.82) is 0 Å². The van der Waals surface area contributed by atoms with Crippen LogP contribution in [-0.2, 0) is 29.5 Å². The van der Waals surface area contributed by atoms with E-state index < -0.39 is 65.5 Å². The quantitative estimate of drug-likeness (QED) is 0.373. The van der Waals surface area contributed by atoms with Crippen LogP contribution in [0, 0.1) is 5.82 Å². The van der Waals surface area contributed by atoms with Crippen LogP contribution < -0.4 is 11.2 Å². The van der Waals surface area contributed by atoms with Gasteiger partial charge in [-0.05, 0) is 0 Å². The Balaban J connectivity index is 3.12. The number of H-pyrrole nitrogens is 1. The predicted octanol–water partition coefficient (Wildman–Crippen LogP) is -4.18. The summed E-state index contributed by atoms with van der Waals surface area (Å²) in [7, 11) is -9.94. The van der Waals surface area contributed by atoms with Crippen LogP contribution in [0.15, 0.2) is 15.8 Å². The third-order valence-electron chi connectivity index (χ3n) is 3.98. The van der Waals surface area contributed by atoms with Crippen molar-refractivity contribution < 1.29 is 41.3 Å². The zero-order chi connectivity index (χ0) is 20.3. The van der Waals surface area contributed by atoms with Crippen molar-refractivity contribution in [2.75, 3.05) is 19.1 Å². The summed E-state index contributed by atoms with van der Waals surface area (Å²) in [5.41, 5.74) is -3.19. The molecule has 15 heteroatoms. The molecule has 0 unspecified atom stereocenters. The molecule has 0 bridgehead atoms. The zero-order valence-electron chi connectivity index (χ0n) is 13.3. The molecule has 0 aromatic carbocycles. The van der Waals surface area contributed by atoms with E-state index in [0.29, 0.717) is 12.5 Å². The van der Waals surface area contributed by atoms with Gasteiger partial charge in [0.1, 0.15) is 12.2 Å². The first kappa shape index (κ1) is 20.7. The second-order valence-electron chi connectivity index (χ2n) is 5.71. The molecule has 2 heterocycles. The van der Waals surface area contributed by atoms with Gasteiger partial charge in [0.05, 0.1) is 12.8 Å². The SMILES string of the molecule is CS(=O)(=O)[C@@]1(O)[C@H](O)[C@@H](CO)O[C@]1(n1cc(F)c(=O)[nH]c1=O)S(C)(=O)=O. The first-order chi connectivity index (χ1) is 11.6. The topological polar surface area (TPSA) is 193 Å². The van der Waals surface area contributed by atoms with E-state index in [1.165, 1.54) is 4.98 Å². The van der Waals surface area contributed by atoms with Crippen LogP contribution in [-0.4, -0.2) is 78.0 Å². The van der Waals surface area contributed by atoms with Gasteiger partial charge < -0.3 is 20.1 Å². The summed E-state index contributed by atoms with van der Waals surface area (Å²) >= 11 is 0. The van der Waals surface area contributed by atoms with Crippen LogP contribution in [0.25, 0.3) is 0 Å². The van der Waals surface area contributed by atoms with Crippen LogP contribution in [0.1, 0.15) is 0 Å². The van der Waals surface area contributed by atoms with Crippen LogP contribution in [0.3, 0.4) is 0 Å². The molecule has 1 fully saturated rings. The van der Waals surface area contributed by atoms with Crippen molar-refractivity contribution in [2.24, 2.45) is 0 Å². The number of nitrogens with zero attached hydrogens (tertiary/aromatic N) is 1. The Morgan fingerprint density at radius 2 is 1.81 bits per heavy atom. The molecule has 1 aliphatic heterocycles. The molecule has 1 aromatic rings. The highest BCUT2D eigenvalue weighted by molar-refractivity contribution is 7.95. The van der Waals surface area contributed by atoms with Gasteiger partial charge in [-0.3, -0.25) is 14.3 Å². The van der Waals surface area contributed by atoms with Crippen LogP contribution in [0.4, 0.5) is 4.39 Å². The van der Waals surface area contributed by atoms with Gasteiger partial charge in [0.2, 0.25) is 15.7 Å². The van der Waals surface area contributed by atoms with E-state index in [0.717, 1.165) is 0 Å². The van der Waals surface area contributed by atoms with Crippen molar-refractivity contribution in [2.45, 2.75) is 22.2 Å². The summed E-state index contributed by atoms with van der Waals surface area (Å²) in [6.45, 7) is -1.16. The number of aliphatic hydroxyl groups is 3. The normalized spacial score (nSPS) is 32.7. The highest BCUT2D eigenvalue weighted by Gasteiger charge is 2.77. The number of nitrogens with one attached hydrogen (secondary N) is 1. The molecule has 0 saturated carbocycles. The molecule has 26 heavy (non-hydrogen) atoms. The minimum atomic E-state index is -4.98. The van der Waals surface area contributed by atoms with E-state index in [4.69, 9.17) is 4.74 Å². The minimum absolute atomic E-state index is 0.0187. The lowest BCUT2D eigenvalue weighted by atomic mass is 10.1. The molecule has 2 rings (SSSR count). The van der Waals surface area contributed by atoms with E-state index in [-0.39, 0.29) is 10.8 Å². The number of ether oxygens (including phenoxy) is 1. The number of hydrogen-bond donors (Lipinski definition) is 4. The van der Waals surface area contributed by atoms with Crippen molar-refractivity contribution >= 4 is 19.7 Å². The minimum Gasteiger partial charge on any atom is -0.394 e. The number of rotatable bonds is 4. The molecule has 1 saturated heterocycles. The van der Waals surface area contributed by atoms with Gasteiger partial charge >= 0.3 is 5.69 Å². The molecule has 4 atom stereocenters. The lowest BCUT2D eigenvalue weighted by Gasteiger charge is -2.38. The van der Waals surface area contributed by atoms with E-state index >= 15 is 0 Å².